The van der Waals surface area contributed by atoms with Gasteiger partial charge in [-0.25, -0.2) is 0 Å². The fourth-order valence-corrected chi connectivity index (χ4v) is 10.00. The summed E-state index contributed by atoms with van der Waals surface area (Å²) >= 11 is 0. The molecule has 0 fully saturated rings. The average Bonchev–Trinajstić information content (AvgIpc) is 3.38. The molecule has 0 unspecified atom stereocenters. The van der Waals surface area contributed by atoms with E-state index in [0.29, 0.717) is 19.4 Å². The van der Waals surface area contributed by atoms with Gasteiger partial charge in [-0.05, 0) is 73.0 Å². The summed E-state index contributed by atoms with van der Waals surface area (Å²) in [7, 11) is -0.356. The van der Waals surface area contributed by atoms with Crippen molar-refractivity contribution < 1.29 is 14.3 Å². The van der Waals surface area contributed by atoms with E-state index in [9.17, 15) is 9.59 Å². The third-order valence-corrected chi connectivity index (χ3v) is 12.1. The van der Waals surface area contributed by atoms with Gasteiger partial charge in [0, 0.05) is 31.5 Å². The van der Waals surface area contributed by atoms with Crippen LogP contribution >= 0.6 is 7.26 Å². The number of hydrogen-bond acceptors (Lipinski definition) is 3. The van der Waals surface area contributed by atoms with Crippen LogP contribution in [0.3, 0.4) is 0 Å². The fourth-order valence-electron chi connectivity index (χ4n) is 5.65. The van der Waals surface area contributed by atoms with Gasteiger partial charge in [-0.1, -0.05) is 54.6 Å². The number of nitrogens with zero attached hydrogens (tertiary/aromatic N) is 1. The standard InChI is InChI=1S/C35H35N2O3P/c1-27(38)36-23-22-28-26-37(34-21-20-29(40-2)25-33(28)34)35(39)19-12-24-41(30-13-6-3-7-14-30,31-15-8-4-9-16-31)32-17-10-5-11-18-32/h3-11,13-18,20-21,25-26H,12,19,22-24H2,1-2H3/p+1. The van der Waals surface area contributed by atoms with Crippen LogP contribution in [-0.4, -0.2) is 36.2 Å². The van der Waals surface area contributed by atoms with Crippen molar-refractivity contribution in [3.63, 3.8) is 0 Å². The van der Waals surface area contributed by atoms with Crippen LogP contribution in [0.25, 0.3) is 10.9 Å². The summed E-state index contributed by atoms with van der Waals surface area (Å²) < 4.78 is 7.24. The van der Waals surface area contributed by atoms with Crippen molar-refractivity contribution in [2.24, 2.45) is 0 Å². The highest BCUT2D eigenvalue weighted by molar-refractivity contribution is 7.95. The second-order valence-electron chi connectivity index (χ2n) is 10.2. The molecule has 0 saturated carbocycles. The molecule has 0 aliphatic rings. The molecule has 0 bridgehead atoms. The smallest absolute Gasteiger partial charge is 0.231 e. The Morgan fingerprint density at radius 3 is 1.88 bits per heavy atom. The molecule has 1 aromatic heterocycles. The first-order valence-corrected chi connectivity index (χ1v) is 16.0. The molecule has 1 N–H and O–H groups in total. The summed E-state index contributed by atoms with van der Waals surface area (Å²) in [5.74, 6) is 0.745. The maximum absolute atomic E-state index is 13.8. The maximum atomic E-state index is 13.8. The predicted octanol–water partition coefficient (Wildman–Crippen LogP) is 5.74. The van der Waals surface area contributed by atoms with Gasteiger partial charge in [0.15, 0.2) is 0 Å². The molecule has 0 atom stereocenters. The molecular formula is C35H36N2O3P+. The van der Waals surface area contributed by atoms with Crippen molar-refractivity contribution in [3.05, 3.63) is 121 Å². The number of nitrogens with one attached hydrogen (secondary N) is 1. The van der Waals surface area contributed by atoms with E-state index >= 15 is 0 Å². The molecule has 208 valence electrons. The van der Waals surface area contributed by atoms with Gasteiger partial charge in [-0.15, -0.1) is 0 Å². The highest BCUT2D eigenvalue weighted by atomic mass is 31.2. The zero-order valence-corrected chi connectivity index (χ0v) is 24.5. The first-order chi connectivity index (χ1) is 20.0. The van der Waals surface area contributed by atoms with Crippen LogP contribution in [0, 0.1) is 0 Å². The van der Waals surface area contributed by atoms with Gasteiger partial charge in [0.2, 0.25) is 11.8 Å². The Balaban J connectivity index is 1.46. The van der Waals surface area contributed by atoms with E-state index in [1.165, 1.54) is 22.8 Å². The highest BCUT2D eigenvalue weighted by Crippen LogP contribution is 2.55. The van der Waals surface area contributed by atoms with Crippen LogP contribution in [0.2, 0.25) is 0 Å². The highest BCUT2D eigenvalue weighted by Gasteiger charge is 2.44. The van der Waals surface area contributed by atoms with Crippen molar-refractivity contribution in [1.82, 2.24) is 9.88 Å². The molecule has 0 radical (unpaired) electrons. The van der Waals surface area contributed by atoms with Crippen molar-refractivity contribution in [2.75, 3.05) is 19.8 Å². The van der Waals surface area contributed by atoms with Crippen LogP contribution < -0.4 is 26.0 Å². The minimum Gasteiger partial charge on any atom is -0.497 e. The largest absolute Gasteiger partial charge is 0.497 e. The molecule has 1 amide bonds. The maximum Gasteiger partial charge on any atom is 0.231 e. The quantitative estimate of drug-likeness (QED) is 0.209. The van der Waals surface area contributed by atoms with E-state index in [1.54, 1.807) is 11.7 Å². The normalized spacial score (nSPS) is 11.4. The molecule has 5 nitrogen and oxygen atoms in total. The Labute approximate surface area is 242 Å². The summed E-state index contributed by atoms with van der Waals surface area (Å²) in [4.78, 5) is 25.2. The number of benzene rings is 4. The summed E-state index contributed by atoms with van der Waals surface area (Å²) in [5.41, 5.74) is 1.88. The Morgan fingerprint density at radius 2 is 1.37 bits per heavy atom. The van der Waals surface area contributed by atoms with Crippen molar-refractivity contribution in [3.8, 4) is 5.75 Å². The Bertz CT molecular complexity index is 1520. The van der Waals surface area contributed by atoms with E-state index in [2.05, 4.69) is 96.3 Å². The van der Waals surface area contributed by atoms with E-state index in [4.69, 9.17) is 4.74 Å². The molecule has 0 aliphatic carbocycles. The topological polar surface area (TPSA) is 60.3 Å². The Hall–Kier alpha value is -4.21. The monoisotopic (exact) mass is 563 g/mol. The lowest BCUT2D eigenvalue weighted by molar-refractivity contribution is -0.118. The third-order valence-electron chi connectivity index (χ3n) is 7.61. The first-order valence-electron chi connectivity index (χ1n) is 14.0. The van der Waals surface area contributed by atoms with E-state index in [1.807, 2.05) is 24.4 Å². The van der Waals surface area contributed by atoms with Gasteiger partial charge >= 0.3 is 0 Å². The summed E-state index contributed by atoms with van der Waals surface area (Å²) in [5, 5.41) is 7.81. The molecule has 5 rings (SSSR count). The third kappa shape index (κ3) is 6.11. The number of ether oxygens (including phenoxy) is 1. The molecule has 4 aromatic carbocycles. The number of fused-ring (bicyclic) bond motifs is 1. The minimum atomic E-state index is -2.00. The van der Waals surface area contributed by atoms with Crippen LogP contribution in [0.5, 0.6) is 5.75 Å². The van der Waals surface area contributed by atoms with Gasteiger partial charge in [0.25, 0.3) is 0 Å². The van der Waals surface area contributed by atoms with Crippen LogP contribution in [0.1, 0.15) is 30.1 Å². The first kappa shape index (κ1) is 28.3. The predicted molar refractivity (Wildman–Crippen MR) is 171 cm³/mol. The van der Waals surface area contributed by atoms with E-state index in [0.717, 1.165) is 34.8 Å². The lowest BCUT2D eigenvalue weighted by atomic mass is 10.1. The van der Waals surface area contributed by atoms with E-state index < -0.39 is 7.26 Å². The number of amides is 1. The fraction of sp³-hybridized carbons (Fsp3) is 0.200. The zero-order chi connectivity index (χ0) is 28.7. The second kappa shape index (κ2) is 13.0. The summed E-state index contributed by atoms with van der Waals surface area (Å²) in [6, 6.07) is 38.1. The van der Waals surface area contributed by atoms with Crippen molar-refractivity contribution >= 4 is 45.9 Å². The van der Waals surface area contributed by atoms with Crippen LogP contribution in [-0.2, 0) is 11.2 Å². The lowest BCUT2D eigenvalue weighted by Gasteiger charge is -2.27. The van der Waals surface area contributed by atoms with Crippen molar-refractivity contribution in [2.45, 2.75) is 26.2 Å². The van der Waals surface area contributed by atoms with E-state index in [-0.39, 0.29) is 11.8 Å². The SMILES string of the molecule is COc1ccc2c(c1)c(CCNC(C)=O)cn2C(=O)CCC[P+](c1ccccc1)(c1ccccc1)c1ccccc1. The Kier molecular flexibility index (Phi) is 8.96. The van der Waals surface area contributed by atoms with Gasteiger partial charge < -0.3 is 10.1 Å². The molecule has 0 aliphatic heterocycles. The number of carbonyl (C=O) groups is 2. The molecule has 1 heterocycles. The minimum absolute atomic E-state index is 0.0653. The molecule has 6 heteroatoms. The molecule has 0 spiro atoms. The molecular weight excluding hydrogens is 527 g/mol. The second-order valence-corrected chi connectivity index (χ2v) is 13.8. The van der Waals surface area contributed by atoms with Gasteiger partial charge in [0.05, 0.1) is 18.8 Å². The van der Waals surface area contributed by atoms with Gasteiger partial charge in [-0.2, -0.15) is 0 Å². The van der Waals surface area contributed by atoms with Crippen molar-refractivity contribution in [1.29, 1.82) is 0 Å². The lowest BCUT2D eigenvalue weighted by Crippen LogP contribution is -2.33. The number of methoxy groups -OCH3 is 1. The summed E-state index contributed by atoms with van der Waals surface area (Å²) in [6.07, 6.45) is 4.63. The van der Waals surface area contributed by atoms with Gasteiger partial charge in [0.1, 0.15) is 28.9 Å². The van der Waals surface area contributed by atoms with Crippen LogP contribution in [0.4, 0.5) is 0 Å². The van der Waals surface area contributed by atoms with Gasteiger partial charge in [-0.3, -0.25) is 14.2 Å². The number of carbonyl (C=O) groups excluding carboxylic acids is 2. The summed E-state index contributed by atoms with van der Waals surface area (Å²) in [6.45, 7) is 2.02. The molecule has 41 heavy (non-hydrogen) atoms. The molecule has 5 aromatic rings. The number of rotatable bonds is 11. The zero-order valence-electron chi connectivity index (χ0n) is 23.6. The average molecular weight is 564 g/mol. The number of aromatic nitrogens is 1. The Morgan fingerprint density at radius 1 is 0.805 bits per heavy atom. The molecule has 0 saturated heterocycles. The van der Waals surface area contributed by atoms with Crippen LogP contribution in [0.15, 0.2) is 115 Å². The number of hydrogen-bond donors (Lipinski definition) is 1.